The summed E-state index contributed by atoms with van der Waals surface area (Å²) in [5.41, 5.74) is 2.70. The molecule has 0 fully saturated rings. The zero-order chi connectivity index (χ0) is 14.3. The minimum atomic E-state index is 0.280. The molecule has 0 aliphatic heterocycles. The molecule has 110 valence electrons. The highest BCUT2D eigenvalue weighted by molar-refractivity contribution is 5.10. The maximum atomic E-state index is 5.08. The number of methoxy groups -OCH3 is 1. The monoisotopic (exact) mass is 267 g/mol. The highest BCUT2D eigenvalue weighted by Gasteiger charge is 2.25. The van der Waals surface area contributed by atoms with Crippen molar-refractivity contribution in [3.8, 4) is 0 Å². The summed E-state index contributed by atoms with van der Waals surface area (Å²) in [6.45, 7) is 9.37. The average Bonchev–Trinajstić information content (AvgIpc) is 2.64. The van der Waals surface area contributed by atoms with E-state index in [1.54, 1.807) is 7.11 Å². The molecular weight excluding hydrogens is 238 g/mol. The lowest BCUT2D eigenvalue weighted by molar-refractivity contribution is 0.189. The lowest BCUT2D eigenvalue weighted by atomic mass is 9.81. The number of aromatic nitrogens is 2. The topological polar surface area (TPSA) is 39.1 Å². The van der Waals surface area contributed by atoms with Crippen LogP contribution in [0.3, 0.4) is 0 Å². The summed E-state index contributed by atoms with van der Waals surface area (Å²) < 4.78 is 7.09. The van der Waals surface area contributed by atoms with E-state index in [4.69, 9.17) is 4.74 Å². The Morgan fingerprint density at radius 2 is 2.21 bits per heavy atom. The minimum absolute atomic E-state index is 0.280. The summed E-state index contributed by atoms with van der Waals surface area (Å²) in [6, 6.07) is 2.20. The van der Waals surface area contributed by atoms with E-state index in [0.29, 0.717) is 0 Å². The zero-order valence-electron chi connectivity index (χ0n) is 13.1. The van der Waals surface area contributed by atoms with Crippen LogP contribution < -0.4 is 5.32 Å². The van der Waals surface area contributed by atoms with E-state index in [-0.39, 0.29) is 5.41 Å². The molecule has 0 aliphatic carbocycles. The second-order valence-electron chi connectivity index (χ2n) is 5.81. The van der Waals surface area contributed by atoms with Gasteiger partial charge in [-0.2, -0.15) is 5.10 Å². The van der Waals surface area contributed by atoms with Gasteiger partial charge in [-0.15, -0.1) is 0 Å². The van der Waals surface area contributed by atoms with Gasteiger partial charge in [0.2, 0.25) is 0 Å². The molecule has 1 atom stereocenters. The van der Waals surface area contributed by atoms with Gasteiger partial charge in [0, 0.05) is 32.9 Å². The van der Waals surface area contributed by atoms with Crippen LogP contribution in [0.4, 0.5) is 0 Å². The number of hydrogen-bond acceptors (Lipinski definition) is 3. The largest absolute Gasteiger partial charge is 0.383 e. The van der Waals surface area contributed by atoms with E-state index in [9.17, 15) is 0 Å². The number of hydrogen-bond donors (Lipinski definition) is 1. The van der Waals surface area contributed by atoms with Crippen molar-refractivity contribution >= 4 is 0 Å². The summed E-state index contributed by atoms with van der Waals surface area (Å²) in [5.74, 6) is 0. The lowest BCUT2D eigenvalue weighted by Crippen LogP contribution is -2.35. The average molecular weight is 267 g/mol. The number of nitrogens with zero attached hydrogens (tertiary/aromatic N) is 2. The Bertz CT molecular complexity index is 375. The molecule has 0 aliphatic rings. The molecule has 0 saturated heterocycles. The fourth-order valence-corrected chi connectivity index (χ4v) is 2.67. The van der Waals surface area contributed by atoms with E-state index in [1.165, 1.54) is 18.5 Å². The Morgan fingerprint density at radius 1 is 1.47 bits per heavy atom. The van der Waals surface area contributed by atoms with Crippen LogP contribution in [0, 0.1) is 12.3 Å². The van der Waals surface area contributed by atoms with Crippen LogP contribution in [0.1, 0.15) is 38.1 Å². The van der Waals surface area contributed by atoms with Crippen molar-refractivity contribution in [3.63, 3.8) is 0 Å². The van der Waals surface area contributed by atoms with Crippen LogP contribution in [0.15, 0.2) is 6.07 Å². The van der Waals surface area contributed by atoms with Crippen molar-refractivity contribution in [1.82, 2.24) is 15.1 Å². The number of aryl methyl sites for hydroxylation is 2. The quantitative estimate of drug-likeness (QED) is 0.698. The standard InChI is InChI=1S/C15H29N3O/c1-6-7-15(3,12-16-8-9-19-5)11-14-10-13(2)17-18(14)4/h10,16H,6-9,11-12H2,1-5H3. The van der Waals surface area contributed by atoms with E-state index < -0.39 is 0 Å². The first kappa shape index (κ1) is 16.2. The third-order valence-corrected chi connectivity index (χ3v) is 3.60. The van der Waals surface area contributed by atoms with Crippen molar-refractivity contribution in [1.29, 1.82) is 0 Å². The van der Waals surface area contributed by atoms with Crippen molar-refractivity contribution in [2.75, 3.05) is 26.8 Å². The van der Waals surface area contributed by atoms with E-state index >= 15 is 0 Å². The van der Waals surface area contributed by atoms with Gasteiger partial charge in [-0.3, -0.25) is 4.68 Å². The Morgan fingerprint density at radius 3 is 2.74 bits per heavy atom. The van der Waals surface area contributed by atoms with Gasteiger partial charge < -0.3 is 10.1 Å². The molecule has 1 unspecified atom stereocenters. The molecule has 1 N–H and O–H groups in total. The molecule has 1 heterocycles. The Kier molecular flexibility index (Phi) is 6.52. The summed E-state index contributed by atoms with van der Waals surface area (Å²) in [5, 5.41) is 7.94. The van der Waals surface area contributed by atoms with Gasteiger partial charge in [-0.25, -0.2) is 0 Å². The maximum Gasteiger partial charge on any atom is 0.0596 e. The van der Waals surface area contributed by atoms with Crippen molar-refractivity contribution < 1.29 is 4.74 Å². The molecule has 0 aromatic carbocycles. The second kappa shape index (κ2) is 7.65. The second-order valence-corrected chi connectivity index (χ2v) is 5.81. The molecule has 1 aromatic heterocycles. The molecule has 4 heteroatoms. The van der Waals surface area contributed by atoms with Gasteiger partial charge in [0.25, 0.3) is 0 Å². The third kappa shape index (κ3) is 5.33. The van der Waals surface area contributed by atoms with Crippen LogP contribution in [0.25, 0.3) is 0 Å². The van der Waals surface area contributed by atoms with E-state index in [0.717, 1.165) is 31.8 Å². The van der Waals surface area contributed by atoms with Gasteiger partial charge >= 0.3 is 0 Å². The maximum absolute atomic E-state index is 5.08. The third-order valence-electron chi connectivity index (χ3n) is 3.60. The van der Waals surface area contributed by atoms with Crippen molar-refractivity contribution in [2.24, 2.45) is 12.5 Å². The van der Waals surface area contributed by atoms with Crippen LogP contribution in [-0.4, -0.2) is 36.6 Å². The first-order valence-electron chi connectivity index (χ1n) is 7.20. The van der Waals surface area contributed by atoms with E-state index in [1.807, 2.05) is 11.7 Å². The van der Waals surface area contributed by atoms with Crippen LogP contribution in [-0.2, 0) is 18.2 Å². The fourth-order valence-electron chi connectivity index (χ4n) is 2.67. The molecule has 1 rings (SSSR count). The molecule has 0 spiro atoms. The van der Waals surface area contributed by atoms with Gasteiger partial charge in [0.15, 0.2) is 0 Å². The Balaban J connectivity index is 2.61. The van der Waals surface area contributed by atoms with E-state index in [2.05, 4.69) is 37.3 Å². The number of rotatable bonds is 9. The predicted octanol–water partition coefficient (Wildman–Crippen LogP) is 2.31. The summed E-state index contributed by atoms with van der Waals surface area (Å²) >= 11 is 0. The molecule has 0 saturated carbocycles. The fraction of sp³-hybridized carbons (Fsp3) is 0.800. The van der Waals surface area contributed by atoms with Crippen LogP contribution in [0.2, 0.25) is 0 Å². The molecular formula is C15H29N3O. The van der Waals surface area contributed by atoms with Crippen LogP contribution >= 0.6 is 0 Å². The first-order valence-corrected chi connectivity index (χ1v) is 7.20. The lowest BCUT2D eigenvalue weighted by Gasteiger charge is -2.30. The SMILES string of the molecule is CCCC(C)(CNCCOC)Cc1cc(C)nn1C. The molecule has 0 amide bonds. The number of ether oxygens (including phenoxy) is 1. The summed E-state index contributed by atoms with van der Waals surface area (Å²) in [7, 11) is 3.78. The van der Waals surface area contributed by atoms with Gasteiger partial charge in [0.1, 0.15) is 0 Å². The van der Waals surface area contributed by atoms with Gasteiger partial charge in [-0.1, -0.05) is 20.3 Å². The Hall–Kier alpha value is -0.870. The highest BCUT2D eigenvalue weighted by Crippen LogP contribution is 2.27. The molecule has 0 radical (unpaired) electrons. The first-order chi connectivity index (χ1) is 9.00. The number of nitrogens with one attached hydrogen (secondary N) is 1. The molecule has 4 nitrogen and oxygen atoms in total. The Labute approximate surface area is 117 Å². The minimum Gasteiger partial charge on any atom is -0.383 e. The van der Waals surface area contributed by atoms with Crippen molar-refractivity contribution in [3.05, 3.63) is 17.5 Å². The van der Waals surface area contributed by atoms with Crippen molar-refractivity contribution in [2.45, 2.75) is 40.0 Å². The highest BCUT2D eigenvalue weighted by atomic mass is 16.5. The summed E-state index contributed by atoms with van der Waals surface area (Å²) in [6.07, 6.45) is 3.49. The molecule has 1 aromatic rings. The normalized spacial score (nSPS) is 14.6. The van der Waals surface area contributed by atoms with Crippen LogP contribution in [0.5, 0.6) is 0 Å². The predicted molar refractivity (Wildman–Crippen MR) is 79.4 cm³/mol. The molecule has 0 bridgehead atoms. The van der Waals surface area contributed by atoms with Gasteiger partial charge in [0.05, 0.1) is 12.3 Å². The smallest absolute Gasteiger partial charge is 0.0596 e. The van der Waals surface area contributed by atoms with Gasteiger partial charge in [-0.05, 0) is 31.2 Å². The molecule has 19 heavy (non-hydrogen) atoms. The zero-order valence-corrected chi connectivity index (χ0v) is 13.1. The summed E-state index contributed by atoms with van der Waals surface area (Å²) in [4.78, 5) is 0.